The van der Waals surface area contributed by atoms with E-state index >= 15 is 0 Å². The molecule has 0 amide bonds. The third-order valence-electron chi connectivity index (χ3n) is 1.33. The summed E-state index contributed by atoms with van der Waals surface area (Å²) in [5.74, 6) is -3.04. The minimum absolute atomic E-state index is 0.0206. The van der Waals surface area contributed by atoms with Crippen LogP contribution in [0.3, 0.4) is 0 Å². The Kier molecular flexibility index (Phi) is 1.68. The Morgan fingerprint density at radius 2 is 1.50 bits per heavy atom. The number of hydrogen-bond donors (Lipinski definition) is 1. The molecule has 0 aliphatic heterocycles. The van der Waals surface area contributed by atoms with Gasteiger partial charge in [-0.1, -0.05) is 19.4 Å². The van der Waals surface area contributed by atoms with Crippen molar-refractivity contribution in [3.63, 3.8) is 0 Å². The van der Waals surface area contributed by atoms with Crippen LogP contribution in [-0.4, -0.2) is 5.11 Å². The number of hydrogen-bond acceptors (Lipinski definition) is 1. The Morgan fingerprint density at radius 1 is 1.00 bits per heavy atom. The van der Waals surface area contributed by atoms with Crippen LogP contribution in [0.4, 0.5) is 23.8 Å². The molecule has 0 spiro atoms. The average Bonchev–Trinajstić information content (AvgIpc) is 1.79. The summed E-state index contributed by atoms with van der Waals surface area (Å²) in [5.41, 5.74) is 0. The lowest BCUT2D eigenvalue weighted by molar-refractivity contribution is 0.354. The van der Waals surface area contributed by atoms with Gasteiger partial charge in [0.25, 0.3) is 0 Å². The molecule has 1 aromatic carbocycles. The van der Waals surface area contributed by atoms with Crippen LogP contribution < -0.4 is 0 Å². The first kappa shape index (κ1) is 11.0. The third-order valence-corrected chi connectivity index (χ3v) is 2.49. The van der Waals surface area contributed by atoms with E-state index in [0.29, 0.717) is 6.07 Å². The van der Waals surface area contributed by atoms with Gasteiger partial charge in [0.1, 0.15) is 16.5 Å². The monoisotopic (exact) mass is 238 g/mol. The molecule has 0 fully saturated rings. The molecule has 0 radical (unpaired) electrons. The molecule has 0 atom stereocenters. The summed E-state index contributed by atoms with van der Waals surface area (Å²) in [5, 5.41) is 8.53. The van der Waals surface area contributed by atoms with Crippen molar-refractivity contribution in [1.82, 2.24) is 0 Å². The molecule has 0 heterocycles. The zero-order chi connectivity index (χ0) is 11.3. The summed E-state index contributed by atoms with van der Waals surface area (Å²) in [6, 6.07) is 0.135. The van der Waals surface area contributed by atoms with E-state index in [2.05, 4.69) is 0 Å². The van der Waals surface area contributed by atoms with Crippen molar-refractivity contribution in [2.24, 2.45) is 0 Å². The Bertz CT molecular complexity index is 382. The zero-order valence-electron chi connectivity index (χ0n) is 6.36. The van der Waals surface area contributed by atoms with Crippen molar-refractivity contribution < 1.29 is 28.9 Å². The molecular weight excluding hydrogens is 234 g/mol. The maximum atomic E-state index is 12.5. The van der Waals surface area contributed by atoms with Gasteiger partial charge in [0.05, 0.1) is 0 Å². The number of phenolic OH excluding ortho intramolecular Hbond substituents is 1. The van der Waals surface area contributed by atoms with Gasteiger partial charge in [-0.2, -0.15) is 0 Å². The molecule has 82 valence electrons. The van der Waals surface area contributed by atoms with Gasteiger partial charge in [-0.15, -0.1) is 0 Å². The molecule has 1 nitrogen and oxygen atoms in total. The standard InChI is InChI=1S/C6H4F6OS/c7-5-3-4(13)1-2-6(5)14(8,9,10,11)12/h1-3,13H. The molecule has 0 unspecified atom stereocenters. The molecule has 0 aromatic heterocycles. The van der Waals surface area contributed by atoms with E-state index < -0.39 is 26.7 Å². The lowest BCUT2D eigenvalue weighted by Gasteiger charge is -2.40. The zero-order valence-corrected chi connectivity index (χ0v) is 7.17. The van der Waals surface area contributed by atoms with E-state index in [4.69, 9.17) is 5.11 Å². The topological polar surface area (TPSA) is 20.2 Å². The highest BCUT2D eigenvalue weighted by Gasteiger charge is 2.67. The number of aromatic hydroxyl groups is 1. The molecule has 1 N–H and O–H groups in total. The van der Waals surface area contributed by atoms with Gasteiger partial charge in [-0.3, -0.25) is 0 Å². The van der Waals surface area contributed by atoms with Gasteiger partial charge in [0, 0.05) is 6.07 Å². The van der Waals surface area contributed by atoms with Crippen molar-refractivity contribution in [3.8, 4) is 5.75 Å². The average molecular weight is 238 g/mol. The first-order chi connectivity index (χ1) is 5.90. The molecule has 14 heavy (non-hydrogen) atoms. The quantitative estimate of drug-likeness (QED) is 0.727. The van der Waals surface area contributed by atoms with Crippen LogP contribution in [0, 0.1) is 5.82 Å². The van der Waals surface area contributed by atoms with Crippen molar-refractivity contribution in [2.45, 2.75) is 4.90 Å². The Hall–Kier alpha value is -1.05. The second kappa shape index (κ2) is 2.13. The lowest BCUT2D eigenvalue weighted by atomic mass is 10.3. The van der Waals surface area contributed by atoms with Crippen LogP contribution in [-0.2, 0) is 0 Å². The van der Waals surface area contributed by atoms with Crippen molar-refractivity contribution in [2.75, 3.05) is 0 Å². The van der Waals surface area contributed by atoms with Gasteiger partial charge in [0.2, 0.25) is 0 Å². The summed E-state index contributed by atoms with van der Waals surface area (Å²) >= 11 is 0. The highest BCUT2D eigenvalue weighted by molar-refractivity contribution is 8.45. The molecule has 1 aromatic rings. The van der Waals surface area contributed by atoms with E-state index in [1.807, 2.05) is 0 Å². The molecule has 1 rings (SSSR count). The number of phenols is 1. The van der Waals surface area contributed by atoms with Gasteiger partial charge in [-0.05, 0) is 12.1 Å². The van der Waals surface area contributed by atoms with Gasteiger partial charge >= 0.3 is 10.2 Å². The Balaban J connectivity index is 3.51. The third kappa shape index (κ3) is 2.25. The van der Waals surface area contributed by atoms with Gasteiger partial charge in [0.15, 0.2) is 0 Å². The smallest absolute Gasteiger partial charge is 0.313 e. The highest BCUT2D eigenvalue weighted by Crippen LogP contribution is 3.02. The first-order valence-corrected chi connectivity index (χ1v) is 5.08. The SMILES string of the molecule is Oc1ccc(S(F)(F)(F)(F)F)c(F)c1. The molecule has 0 aliphatic rings. The summed E-state index contributed by atoms with van der Waals surface area (Å²) in [7, 11) is -9.99. The fraction of sp³-hybridized carbons (Fsp3) is 0. The fourth-order valence-electron chi connectivity index (χ4n) is 0.803. The second-order valence-corrected chi connectivity index (χ2v) is 4.96. The predicted octanol–water partition coefficient (Wildman–Crippen LogP) is 4.19. The molecule has 0 bridgehead atoms. The predicted molar refractivity (Wildman–Crippen MR) is 39.5 cm³/mol. The molecule has 0 saturated carbocycles. The maximum absolute atomic E-state index is 12.5. The van der Waals surface area contributed by atoms with Crippen molar-refractivity contribution in [3.05, 3.63) is 24.0 Å². The number of benzene rings is 1. The van der Waals surface area contributed by atoms with Crippen molar-refractivity contribution in [1.29, 1.82) is 0 Å². The summed E-state index contributed by atoms with van der Waals surface area (Å²) in [4.78, 5) is -2.62. The Labute approximate surface area is 74.7 Å². The molecule has 0 aliphatic carbocycles. The van der Waals surface area contributed by atoms with E-state index in [-0.39, 0.29) is 12.1 Å². The van der Waals surface area contributed by atoms with Crippen LogP contribution in [0.25, 0.3) is 0 Å². The maximum Gasteiger partial charge on any atom is 0.313 e. The second-order valence-electron chi connectivity index (χ2n) is 2.58. The van der Waals surface area contributed by atoms with E-state index in [1.165, 1.54) is 0 Å². The Morgan fingerprint density at radius 3 is 1.86 bits per heavy atom. The molecule has 0 saturated heterocycles. The van der Waals surface area contributed by atoms with E-state index in [0.717, 1.165) is 0 Å². The van der Waals surface area contributed by atoms with Gasteiger partial charge < -0.3 is 5.11 Å². The summed E-state index contributed by atoms with van der Waals surface area (Å²) in [6.45, 7) is 0. The lowest BCUT2D eigenvalue weighted by Crippen LogP contribution is -2.08. The van der Waals surface area contributed by atoms with Crippen LogP contribution in [0.2, 0.25) is 0 Å². The number of halogens is 6. The fourth-order valence-corrected chi connectivity index (χ4v) is 1.56. The normalized spacial score (nSPS) is 17.3. The first-order valence-electron chi connectivity index (χ1n) is 3.13. The summed E-state index contributed by atoms with van der Waals surface area (Å²) < 4.78 is 72.6. The molecular formula is C6H4F6OS. The number of rotatable bonds is 1. The minimum atomic E-state index is -9.99. The van der Waals surface area contributed by atoms with E-state index in [9.17, 15) is 23.8 Å². The minimum Gasteiger partial charge on any atom is -0.508 e. The van der Waals surface area contributed by atoms with Crippen molar-refractivity contribution >= 4 is 10.2 Å². The van der Waals surface area contributed by atoms with Crippen LogP contribution >= 0.6 is 10.2 Å². The van der Waals surface area contributed by atoms with Crippen LogP contribution in [0.1, 0.15) is 0 Å². The van der Waals surface area contributed by atoms with Gasteiger partial charge in [-0.25, -0.2) is 4.39 Å². The molecule has 8 heteroatoms. The summed E-state index contributed by atoms with van der Waals surface area (Å²) in [6.07, 6.45) is 0. The van der Waals surface area contributed by atoms with E-state index in [1.54, 1.807) is 0 Å². The van der Waals surface area contributed by atoms with Crippen LogP contribution in [0.15, 0.2) is 23.1 Å². The van der Waals surface area contributed by atoms with Crippen LogP contribution in [0.5, 0.6) is 5.75 Å². The highest BCUT2D eigenvalue weighted by atomic mass is 32.5. The largest absolute Gasteiger partial charge is 0.508 e.